The summed E-state index contributed by atoms with van der Waals surface area (Å²) >= 11 is 0. The molecular formula is C13H23NO. The molecule has 1 saturated carbocycles. The Hall–Kier alpha value is -0.370. The third-order valence-corrected chi connectivity index (χ3v) is 4.36. The van der Waals surface area contributed by atoms with Crippen LogP contribution < -0.4 is 5.32 Å². The maximum atomic E-state index is 12.3. The number of carbonyl (C=O) groups is 1. The van der Waals surface area contributed by atoms with Gasteiger partial charge < -0.3 is 5.32 Å². The second-order valence-electron chi connectivity index (χ2n) is 5.67. The first-order valence-electron chi connectivity index (χ1n) is 6.41. The molecule has 0 aromatic heterocycles. The minimum atomic E-state index is -0.0275. The molecule has 2 heteroatoms. The molecule has 0 aromatic rings. The first-order valence-corrected chi connectivity index (χ1v) is 6.41. The predicted octanol–water partition coefficient (Wildman–Crippen LogP) is 2.38. The van der Waals surface area contributed by atoms with Gasteiger partial charge in [0.15, 0.2) is 0 Å². The number of Topliss-reactive ketones (excluding diaryl/α,β-unsaturated/α-hetero) is 1. The number of hydrogen-bond donors (Lipinski definition) is 1. The second-order valence-corrected chi connectivity index (χ2v) is 5.67. The molecule has 1 heterocycles. The highest BCUT2D eigenvalue weighted by Gasteiger charge is 2.43. The molecule has 0 bridgehead atoms. The van der Waals surface area contributed by atoms with Crippen molar-refractivity contribution in [1.29, 1.82) is 0 Å². The monoisotopic (exact) mass is 209 g/mol. The van der Waals surface area contributed by atoms with Crippen LogP contribution in [0.2, 0.25) is 0 Å². The molecule has 0 aromatic carbocycles. The highest BCUT2D eigenvalue weighted by atomic mass is 16.1. The molecule has 0 radical (unpaired) electrons. The molecule has 1 aliphatic carbocycles. The molecule has 2 nitrogen and oxygen atoms in total. The van der Waals surface area contributed by atoms with Gasteiger partial charge in [-0.15, -0.1) is 0 Å². The lowest BCUT2D eigenvalue weighted by Crippen LogP contribution is -2.58. The van der Waals surface area contributed by atoms with Crippen molar-refractivity contribution in [3.05, 3.63) is 0 Å². The first-order chi connectivity index (χ1) is 7.15. The summed E-state index contributed by atoms with van der Waals surface area (Å²) in [5, 5.41) is 3.23. The van der Waals surface area contributed by atoms with Crippen molar-refractivity contribution in [3.8, 4) is 0 Å². The molecule has 2 fully saturated rings. The molecular weight excluding hydrogens is 186 g/mol. The van der Waals surface area contributed by atoms with Crippen molar-refractivity contribution in [1.82, 2.24) is 5.32 Å². The molecule has 2 unspecified atom stereocenters. The van der Waals surface area contributed by atoms with E-state index < -0.39 is 0 Å². The fourth-order valence-corrected chi connectivity index (χ4v) is 3.07. The van der Waals surface area contributed by atoms with E-state index >= 15 is 0 Å². The molecule has 1 aliphatic heterocycles. The lowest BCUT2D eigenvalue weighted by Gasteiger charge is -2.41. The van der Waals surface area contributed by atoms with Crippen LogP contribution >= 0.6 is 0 Å². The summed E-state index contributed by atoms with van der Waals surface area (Å²) in [6, 6.07) is 0. The Kier molecular flexibility index (Phi) is 3.15. The van der Waals surface area contributed by atoms with Crippen LogP contribution in [-0.2, 0) is 4.79 Å². The molecule has 2 atom stereocenters. The zero-order valence-electron chi connectivity index (χ0n) is 10.0. The average molecular weight is 209 g/mol. The van der Waals surface area contributed by atoms with Gasteiger partial charge in [0.2, 0.25) is 0 Å². The molecule has 0 spiro atoms. The van der Waals surface area contributed by atoms with Gasteiger partial charge in [0.1, 0.15) is 5.78 Å². The van der Waals surface area contributed by atoms with Crippen LogP contribution in [0.1, 0.15) is 46.0 Å². The number of hydrogen-bond acceptors (Lipinski definition) is 2. The van der Waals surface area contributed by atoms with Crippen LogP contribution in [0.5, 0.6) is 0 Å². The third kappa shape index (κ3) is 2.10. The maximum absolute atomic E-state index is 12.3. The van der Waals surface area contributed by atoms with E-state index in [9.17, 15) is 4.79 Å². The van der Waals surface area contributed by atoms with Crippen LogP contribution in [0.15, 0.2) is 0 Å². The fraction of sp³-hybridized carbons (Fsp3) is 0.923. The zero-order chi connectivity index (χ0) is 10.9. The van der Waals surface area contributed by atoms with Gasteiger partial charge in [-0.25, -0.2) is 0 Å². The molecule has 2 aliphatic rings. The van der Waals surface area contributed by atoms with Gasteiger partial charge >= 0.3 is 0 Å². The van der Waals surface area contributed by atoms with Crippen LogP contribution in [0.4, 0.5) is 0 Å². The van der Waals surface area contributed by atoms with Crippen molar-refractivity contribution in [2.45, 2.75) is 46.0 Å². The van der Waals surface area contributed by atoms with Crippen molar-refractivity contribution < 1.29 is 4.79 Å². The third-order valence-electron chi connectivity index (χ3n) is 4.36. The summed E-state index contributed by atoms with van der Waals surface area (Å²) in [5.74, 6) is 1.72. The molecule has 0 amide bonds. The van der Waals surface area contributed by atoms with E-state index in [4.69, 9.17) is 0 Å². The summed E-state index contributed by atoms with van der Waals surface area (Å²) in [4.78, 5) is 12.3. The van der Waals surface area contributed by atoms with E-state index in [1.165, 1.54) is 19.3 Å². The Bertz CT molecular complexity index is 245. The Labute approximate surface area is 92.8 Å². The van der Waals surface area contributed by atoms with Crippen molar-refractivity contribution >= 4 is 5.78 Å². The number of ketones is 1. The first kappa shape index (κ1) is 11.1. The maximum Gasteiger partial charge on any atom is 0.144 e. The molecule has 15 heavy (non-hydrogen) atoms. The number of nitrogens with one attached hydrogen (secondary N) is 1. The van der Waals surface area contributed by atoms with Crippen LogP contribution in [0.25, 0.3) is 0 Å². The highest BCUT2D eigenvalue weighted by Crippen LogP contribution is 2.37. The molecule has 1 saturated heterocycles. The van der Waals surface area contributed by atoms with Gasteiger partial charge in [0.25, 0.3) is 0 Å². The number of carbonyl (C=O) groups excluding carboxylic acids is 1. The van der Waals surface area contributed by atoms with E-state index in [1.807, 2.05) is 0 Å². The Morgan fingerprint density at radius 3 is 2.67 bits per heavy atom. The van der Waals surface area contributed by atoms with Gasteiger partial charge in [0, 0.05) is 19.0 Å². The van der Waals surface area contributed by atoms with Crippen LogP contribution in [0.3, 0.4) is 0 Å². The Morgan fingerprint density at radius 2 is 2.13 bits per heavy atom. The number of rotatable bonds is 3. The summed E-state index contributed by atoms with van der Waals surface area (Å²) in [5.41, 5.74) is -0.0275. The van der Waals surface area contributed by atoms with Gasteiger partial charge in [-0.05, 0) is 18.8 Å². The molecule has 86 valence electrons. The minimum Gasteiger partial charge on any atom is -0.315 e. The Balaban J connectivity index is 1.95. The second kappa shape index (κ2) is 4.25. The van der Waals surface area contributed by atoms with Crippen molar-refractivity contribution in [3.63, 3.8) is 0 Å². The van der Waals surface area contributed by atoms with Crippen molar-refractivity contribution in [2.24, 2.45) is 17.3 Å². The van der Waals surface area contributed by atoms with Crippen LogP contribution in [0, 0.1) is 17.3 Å². The molecule has 2 rings (SSSR count). The predicted molar refractivity (Wildman–Crippen MR) is 61.7 cm³/mol. The SMILES string of the molecule is CCC1CCCC(C(=O)C2(C)CNC2)C1. The summed E-state index contributed by atoms with van der Waals surface area (Å²) < 4.78 is 0. The van der Waals surface area contributed by atoms with Gasteiger partial charge in [0.05, 0.1) is 5.41 Å². The Morgan fingerprint density at radius 1 is 1.40 bits per heavy atom. The van der Waals surface area contributed by atoms with E-state index in [2.05, 4.69) is 19.2 Å². The standard InChI is InChI=1S/C13H23NO/c1-3-10-5-4-6-11(7-10)12(15)13(2)8-14-9-13/h10-11,14H,3-9H2,1-2H3. The van der Waals surface area contributed by atoms with Gasteiger partial charge in [-0.3, -0.25) is 4.79 Å². The fourth-order valence-electron chi connectivity index (χ4n) is 3.07. The van der Waals surface area contributed by atoms with Gasteiger partial charge in [-0.2, -0.15) is 0 Å². The zero-order valence-corrected chi connectivity index (χ0v) is 10.0. The average Bonchev–Trinajstić information content (AvgIpc) is 2.25. The van der Waals surface area contributed by atoms with E-state index in [1.54, 1.807) is 0 Å². The van der Waals surface area contributed by atoms with E-state index in [0.717, 1.165) is 31.8 Å². The van der Waals surface area contributed by atoms with Crippen molar-refractivity contribution in [2.75, 3.05) is 13.1 Å². The summed E-state index contributed by atoms with van der Waals surface area (Å²) in [6.45, 7) is 6.18. The lowest BCUT2D eigenvalue weighted by atomic mass is 9.69. The van der Waals surface area contributed by atoms with E-state index in [0.29, 0.717) is 11.7 Å². The smallest absolute Gasteiger partial charge is 0.144 e. The van der Waals surface area contributed by atoms with Crippen LogP contribution in [-0.4, -0.2) is 18.9 Å². The normalized spacial score (nSPS) is 34.5. The van der Waals surface area contributed by atoms with E-state index in [-0.39, 0.29) is 5.41 Å². The van der Waals surface area contributed by atoms with Gasteiger partial charge in [-0.1, -0.05) is 33.1 Å². The minimum absolute atomic E-state index is 0.0275. The lowest BCUT2D eigenvalue weighted by molar-refractivity contribution is -0.136. The molecule has 1 N–H and O–H groups in total. The highest BCUT2D eigenvalue weighted by molar-refractivity contribution is 5.88. The quantitative estimate of drug-likeness (QED) is 0.773. The summed E-state index contributed by atoms with van der Waals surface area (Å²) in [6.07, 6.45) is 6.16. The largest absolute Gasteiger partial charge is 0.315 e. The topological polar surface area (TPSA) is 29.1 Å². The summed E-state index contributed by atoms with van der Waals surface area (Å²) in [7, 11) is 0.